The first kappa shape index (κ1) is 6.83. The first-order valence-corrected chi connectivity index (χ1v) is 5.18. The van der Waals surface area contributed by atoms with E-state index in [0.717, 1.165) is 5.69 Å². The molecule has 1 nitrogen and oxygen atoms in total. The Morgan fingerprint density at radius 1 is 1.36 bits per heavy atom. The van der Waals surface area contributed by atoms with E-state index in [9.17, 15) is 0 Å². The molecule has 0 aromatic carbocycles. The average Bonchev–Trinajstić information content (AvgIpc) is 2.58. The van der Waals surface area contributed by atoms with Crippen LogP contribution in [0.5, 0.6) is 0 Å². The Balaban J connectivity index is 2.46. The normalized spacial score (nSPS) is 9.82. The quantitative estimate of drug-likeness (QED) is 0.647. The van der Waals surface area contributed by atoms with Gasteiger partial charge in [-0.25, -0.2) is 0 Å². The molecule has 0 amide bonds. The summed E-state index contributed by atoms with van der Waals surface area (Å²) >= 11 is 0.477. The minimum atomic E-state index is 0.477. The van der Waals surface area contributed by atoms with Crippen molar-refractivity contribution in [3.05, 3.63) is 41.5 Å². The maximum atomic E-state index is 4.21. The van der Waals surface area contributed by atoms with Gasteiger partial charge in [0.15, 0.2) is 0 Å². The summed E-state index contributed by atoms with van der Waals surface area (Å²) in [4.78, 5) is 6.40. The molecule has 1 radical (unpaired) electrons. The van der Waals surface area contributed by atoms with E-state index in [1.165, 1.54) is 4.44 Å². The number of hydrogen-bond acceptors (Lipinski definition) is 1. The third-order valence-corrected chi connectivity index (χ3v) is 3.20. The van der Waals surface area contributed by atoms with E-state index in [4.69, 9.17) is 0 Å². The van der Waals surface area contributed by atoms with Crippen molar-refractivity contribution < 1.29 is 0 Å². The summed E-state index contributed by atoms with van der Waals surface area (Å²) < 4.78 is 1.32. The van der Waals surface area contributed by atoms with Gasteiger partial charge in [0.25, 0.3) is 0 Å². The molecule has 0 fully saturated rings. The molecule has 0 aliphatic heterocycles. The third-order valence-electron chi connectivity index (χ3n) is 1.36. The van der Waals surface area contributed by atoms with Gasteiger partial charge < -0.3 is 0 Å². The SMILES string of the molecule is [c]1cccnc1-c1ccc[se]1. The van der Waals surface area contributed by atoms with Gasteiger partial charge in [-0.15, -0.1) is 0 Å². The molecule has 0 aliphatic rings. The number of nitrogens with zero attached hydrogens (tertiary/aromatic N) is 1. The van der Waals surface area contributed by atoms with Gasteiger partial charge in [-0.2, -0.15) is 0 Å². The molecular weight excluding hydrogens is 201 g/mol. The van der Waals surface area contributed by atoms with Gasteiger partial charge in [0, 0.05) is 0 Å². The Hall–Kier alpha value is -0.851. The summed E-state index contributed by atoms with van der Waals surface area (Å²) in [7, 11) is 0. The number of rotatable bonds is 1. The molecule has 0 saturated carbocycles. The molecule has 11 heavy (non-hydrogen) atoms. The number of aromatic nitrogens is 1. The van der Waals surface area contributed by atoms with Crippen LogP contribution in [0.1, 0.15) is 0 Å². The van der Waals surface area contributed by atoms with Crippen molar-refractivity contribution >= 4 is 14.5 Å². The molecule has 0 bridgehead atoms. The molecule has 2 rings (SSSR count). The summed E-state index contributed by atoms with van der Waals surface area (Å²) in [5.74, 6) is 0. The van der Waals surface area contributed by atoms with Gasteiger partial charge in [-0.05, 0) is 0 Å². The Labute approximate surface area is 71.5 Å². The molecule has 0 saturated heterocycles. The van der Waals surface area contributed by atoms with Gasteiger partial charge in [-0.3, -0.25) is 0 Å². The predicted molar refractivity (Wildman–Crippen MR) is 45.4 cm³/mol. The second-order valence-electron chi connectivity index (χ2n) is 2.11. The van der Waals surface area contributed by atoms with Gasteiger partial charge >= 0.3 is 71.1 Å². The number of pyridine rings is 1. The van der Waals surface area contributed by atoms with Crippen LogP contribution in [-0.2, 0) is 0 Å². The zero-order chi connectivity index (χ0) is 7.52. The fraction of sp³-hybridized carbons (Fsp3) is 0. The molecule has 0 atom stereocenters. The van der Waals surface area contributed by atoms with E-state index in [0.29, 0.717) is 14.5 Å². The predicted octanol–water partition coefficient (Wildman–Crippen LogP) is 1.61. The minimum absolute atomic E-state index is 0.477. The molecule has 2 aromatic heterocycles. The maximum absolute atomic E-state index is 4.21. The van der Waals surface area contributed by atoms with Crippen molar-refractivity contribution in [3.63, 3.8) is 0 Å². The number of hydrogen-bond donors (Lipinski definition) is 0. The van der Waals surface area contributed by atoms with Crippen molar-refractivity contribution in [1.82, 2.24) is 4.98 Å². The van der Waals surface area contributed by atoms with E-state index >= 15 is 0 Å². The van der Waals surface area contributed by atoms with Crippen LogP contribution in [0.3, 0.4) is 0 Å². The Morgan fingerprint density at radius 3 is 3.00 bits per heavy atom. The zero-order valence-corrected chi connectivity index (χ0v) is 7.53. The van der Waals surface area contributed by atoms with Crippen molar-refractivity contribution in [1.29, 1.82) is 0 Å². The van der Waals surface area contributed by atoms with E-state index in [1.807, 2.05) is 12.1 Å². The second-order valence-corrected chi connectivity index (χ2v) is 4.10. The molecule has 0 aliphatic carbocycles. The molecule has 0 unspecified atom stereocenters. The van der Waals surface area contributed by atoms with E-state index in [-0.39, 0.29) is 0 Å². The molecule has 0 spiro atoms. The van der Waals surface area contributed by atoms with Gasteiger partial charge in [0.2, 0.25) is 0 Å². The van der Waals surface area contributed by atoms with Crippen molar-refractivity contribution in [2.75, 3.05) is 0 Å². The van der Waals surface area contributed by atoms with E-state index in [1.54, 1.807) is 6.20 Å². The Kier molecular flexibility index (Phi) is 1.89. The van der Waals surface area contributed by atoms with Crippen LogP contribution in [0.15, 0.2) is 35.4 Å². The molecule has 2 aromatic rings. The second kappa shape index (κ2) is 3.04. The van der Waals surface area contributed by atoms with Crippen LogP contribution in [0.4, 0.5) is 0 Å². The third kappa shape index (κ3) is 1.42. The summed E-state index contributed by atoms with van der Waals surface area (Å²) in [6, 6.07) is 11.1. The molecule has 53 valence electrons. The molecular formula is C9H6NSe. The van der Waals surface area contributed by atoms with Crippen LogP contribution in [0, 0.1) is 6.07 Å². The van der Waals surface area contributed by atoms with Crippen LogP contribution in [0.25, 0.3) is 10.1 Å². The molecule has 2 heterocycles. The van der Waals surface area contributed by atoms with Crippen molar-refractivity contribution in [2.45, 2.75) is 0 Å². The topological polar surface area (TPSA) is 12.9 Å². The summed E-state index contributed by atoms with van der Waals surface area (Å²) in [5.41, 5.74) is 0.998. The molecule has 2 heteroatoms. The van der Waals surface area contributed by atoms with Crippen molar-refractivity contribution in [2.24, 2.45) is 0 Å². The monoisotopic (exact) mass is 208 g/mol. The summed E-state index contributed by atoms with van der Waals surface area (Å²) in [6.07, 6.45) is 1.81. The van der Waals surface area contributed by atoms with E-state index in [2.05, 4.69) is 28.1 Å². The van der Waals surface area contributed by atoms with E-state index < -0.39 is 0 Å². The van der Waals surface area contributed by atoms with Crippen LogP contribution < -0.4 is 0 Å². The molecule has 0 N–H and O–H groups in total. The van der Waals surface area contributed by atoms with Crippen molar-refractivity contribution in [3.8, 4) is 10.1 Å². The summed E-state index contributed by atoms with van der Waals surface area (Å²) in [6.45, 7) is 0. The summed E-state index contributed by atoms with van der Waals surface area (Å²) in [5, 5.41) is 0. The van der Waals surface area contributed by atoms with Crippen LogP contribution in [-0.4, -0.2) is 19.5 Å². The first-order chi connectivity index (χ1) is 5.47. The van der Waals surface area contributed by atoms with Crippen LogP contribution in [0.2, 0.25) is 0 Å². The van der Waals surface area contributed by atoms with Gasteiger partial charge in [0.05, 0.1) is 0 Å². The Morgan fingerprint density at radius 2 is 2.36 bits per heavy atom. The Bertz CT molecular complexity index is 313. The fourth-order valence-corrected chi connectivity index (χ4v) is 2.31. The first-order valence-electron chi connectivity index (χ1n) is 3.33. The van der Waals surface area contributed by atoms with Gasteiger partial charge in [0.1, 0.15) is 0 Å². The zero-order valence-electron chi connectivity index (χ0n) is 5.82. The van der Waals surface area contributed by atoms with Crippen LogP contribution >= 0.6 is 0 Å². The van der Waals surface area contributed by atoms with Gasteiger partial charge in [-0.1, -0.05) is 0 Å². The standard InChI is InChI=1S/C9H6NSe/c1-2-6-10-8(4-1)9-5-3-7-11-9/h1-3,5-7H. The fourth-order valence-electron chi connectivity index (χ4n) is 0.873. The average molecular weight is 207 g/mol.